The van der Waals surface area contributed by atoms with Crippen molar-refractivity contribution in [1.82, 2.24) is 4.90 Å². The van der Waals surface area contributed by atoms with E-state index in [2.05, 4.69) is 35.5 Å². The summed E-state index contributed by atoms with van der Waals surface area (Å²) in [6, 6.07) is 12.7. The van der Waals surface area contributed by atoms with Crippen molar-refractivity contribution in [1.29, 1.82) is 0 Å². The van der Waals surface area contributed by atoms with Crippen molar-refractivity contribution < 1.29 is 19.0 Å². The van der Waals surface area contributed by atoms with E-state index in [1.807, 2.05) is 45.0 Å². The van der Waals surface area contributed by atoms with Crippen LogP contribution in [0.15, 0.2) is 51.8 Å². The molecule has 7 heteroatoms. The van der Waals surface area contributed by atoms with E-state index in [0.717, 1.165) is 4.90 Å². The first kappa shape index (κ1) is 25.7. The van der Waals surface area contributed by atoms with Gasteiger partial charge >= 0.3 is 6.09 Å². The molecule has 1 aliphatic rings. The molecule has 1 unspecified atom stereocenters. The molecule has 1 atom stereocenters. The molecule has 1 heterocycles. The van der Waals surface area contributed by atoms with Gasteiger partial charge in [-0.2, -0.15) is 0 Å². The van der Waals surface area contributed by atoms with Crippen LogP contribution in [0.5, 0.6) is 0 Å². The van der Waals surface area contributed by atoms with E-state index in [0.29, 0.717) is 36.0 Å². The Morgan fingerprint density at radius 2 is 1.77 bits per heavy atom. The van der Waals surface area contributed by atoms with Gasteiger partial charge in [-0.3, -0.25) is 0 Å². The number of halogens is 2. The van der Waals surface area contributed by atoms with E-state index in [9.17, 15) is 14.3 Å². The predicted molar refractivity (Wildman–Crippen MR) is 128 cm³/mol. The molecule has 2 aromatic carbocycles. The highest BCUT2D eigenvalue weighted by atomic mass is 79.9. The number of piperidine rings is 1. The molecule has 0 radical (unpaired) electrons. The number of carbonyl (C=O) groups excluding carboxylic acids is 1. The van der Waals surface area contributed by atoms with Gasteiger partial charge < -0.3 is 14.7 Å². The van der Waals surface area contributed by atoms with E-state index < -0.39 is 17.5 Å². The number of thiol groups is 1. The van der Waals surface area contributed by atoms with Crippen molar-refractivity contribution in [2.75, 3.05) is 13.1 Å². The van der Waals surface area contributed by atoms with Crippen LogP contribution in [0.4, 0.5) is 9.18 Å². The lowest BCUT2D eigenvalue weighted by atomic mass is 9.87. The number of benzene rings is 2. The summed E-state index contributed by atoms with van der Waals surface area (Å²) < 4.78 is 19.9. The average Bonchev–Trinajstić information content (AvgIpc) is 2.69. The molecule has 1 fully saturated rings. The standard InChI is InChI=1S/C17H23BrFNO3.C7H8S/c1-17(2,3)23-16(22)20-9-7-11(8-10-20)15(21)14-12(18)5-4-6-13(14)19;1-6-2-4-7(8)5-3-6/h4-6,11,15,21H,7-10H2,1-3H3;2-5,8H,1H3. The number of aryl methyl sites for hydroxylation is 1. The molecule has 0 bridgehead atoms. The highest BCUT2D eigenvalue weighted by Gasteiger charge is 2.32. The number of aliphatic hydroxyl groups is 1. The van der Waals surface area contributed by atoms with E-state index in [1.54, 1.807) is 17.0 Å². The van der Waals surface area contributed by atoms with Gasteiger partial charge in [0.2, 0.25) is 0 Å². The Kier molecular flexibility index (Phi) is 9.40. The van der Waals surface area contributed by atoms with Crippen molar-refractivity contribution in [3.8, 4) is 0 Å². The second-order valence-electron chi connectivity index (χ2n) is 8.72. The van der Waals surface area contributed by atoms with E-state index >= 15 is 0 Å². The summed E-state index contributed by atoms with van der Waals surface area (Å²) in [7, 11) is 0. The zero-order chi connectivity index (χ0) is 23.2. The Morgan fingerprint density at radius 1 is 1.19 bits per heavy atom. The highest BCUT2D eigenvalue weighted by Crippen LogP contribution is 2.36. The first-order chi connectivity index (χ1) is 14.5. The summed E-state index contributed by atoms with van der Waals surface area (Å²) in [6.07, 6.45) is 0.00594. The van der Waals surface area contributed by atoms with Gasteiger partial charge in [-0.25, -0.2) is 9.18 Å². The van der Waals surface area contributed by atoms with Crippen LogP contribution >= 0.6 is 28.6 Å². The lowest BCUT2D eigenvalue weighted by Crippen LogP contribution is -2.42. The zero-order valence-electron chi connectivity index (χ0n) is 18.4. The molecule has 31 heavy (non-hydrogen) atoms. The third kappa shape index (κ3) is 8.13. The molecule has 0 aliphatic carbocycles. The van der Waals surface area contributed by atoms with Crippen molar-refractivity contribution in [2.24, 2.45) is 5.92 Å². The summed E-state index contributed by atoms with van der Waals surface area (Å²) in [5, 5.41) is 10.5. The van der Waals surface area contributed by atoms with Gasteiger partial charge in [-0.15, -0.1) is 12.6 Å². The number of carbonyl (C=O) groups is 1. The number of hydrogen-bond donors (Lipinski definition) is 2. The second kappa shape index (κ2) is 11.3. The fourth-order valence-corrected chi connectivity index (χ4v) is 4.02. The topological polar surface area (TPSA) is 49.8 Å². The Hall–Kier alpha value is -1.57. The maximum Gasteiger partial charge on any atom is 0.410 e. The van der Waals surface area contributed by atoms with Crippen LogP contribution in [-0.4, -0.2) is 34.8 Å². The van der Waals surface area contributed by atoms with Gasteiger partial charge in [0, 0.05) is 28.0 Å². The van der Waals surface area contributed by atoms with Gasteiger partial charge in [0.1, 0.15) is 11.4 Å². The number of aliphatic hydroxyl groups excluding tert-OH is 1. The monoisotopic (exact) mass is 511 g/mol. The van der Waals surface area contributed by atoms with E-state index in [4.69, 9.17) is 4.74 Å². The Morgan fingerprint density at radius 3 is 2.26 bits per heavy atom. The maximum atomic E-state index is 14.0. The lowest BCUT2D eigenvalue weighted by molar-refractivity contribution is 0.00712. The van der Waals surface area contributed by atoms with Crippen molar-refractivity contribution in [2.45, 2.75) is 57.1 Å². The van der Waals surface area contributed by atoms with E-state index in [1.165, 1.54) is 11.6 Å². The molecule has 0 aromatic heterocycles. The molecule has 1 aliphatic heterocycles. The average molecular weight is 512 g/mol. The van der Waals surface area contributed by atoms with Crippen LogP contribution in [0.2, 0.25) is 0 Å². The highest BCUT2D eigenvalue weighted by molar-refractivity contribution is 9.10. The molecule has 1 saturated heterocycles. The van der Waals surface area contributed by atoms with Crippen LogP contribution in [0, 0.1) is 18.7 Å². The third-order valence-electron chi connectivity index (χ3n) is 4.97. The Labute approximate surface area is 198 Å². The van der Waals surface area contributed by atoms with Crippen LogP contribution in [0.25, 0.3) is 0 Å². The molecular weight excluding hydrogens is 481 g/mol. The summed E-state index contributed by atoms with van der Waals surface area (Å²) in [5.41, 5.74) is 1.05. The van der Waals surface area contributed by atoms with Crippen LogP contribution < -0.4 is 0 Å². The fraction of sp³-hybridized carbons (Fsp3) is 0.458. The van der Waals surface area contributed by atoms with Gasteiger partial charge in [0.15, 0.2) is 0 Å². The first-order valence-electron chi connectivity index (χ1n) is 10.3. The normalized spacial score (nSPS) is 15.7. The van der Waals surface area contributed by atoms with Crippen molar-refractivity contribution in [3.05, 3.63) is 63.9 Å². The first-order valence-corrected chi connectivity index (χ1v) is 11.6. The van der Waals surface area contributed by atoms with Gasteiger partial charge in [0.25, 0.3) is 0 Å². The molecule has 1 amide bonds. The lowest BCUT2D eigenvalue weighted by Gasteiger charge is -2.35. The van der Waals surface area contributed by atoms with Gasteiger partial charge in [-0.1, -0.05) is 39.7 Å². The van der Waals surface area contributed by atoms with E-state index in [-0.39, 0.29) is 12.0 Å². The predicted octanol–water partition coefficient (Wildman–Crippen LogP) is 6.55. The largest absolute Gasteiger partial charge is 0.444 e. The molecule has 0 saturated carbocycles. The number of ether oxygens (including phenoxy) is 1. The minimum Gasteiger partial charge on any atom is -0.444 e. The minimum atomic E-state index is -0.883. The minimum absolute atomic E-state index is 0.0816. The summed E-state index contributed by atoms with van der Waals surface area (Å²) in [4.78, 5) is 14.7. The number of rotatable bonds is 2. The van der Waals surface area contributed by atoms with Crippen molar-refractivity contribution >= 4 is 34.7 Å². The van der Waals surface area contributed by atoms with Crippen LogP contribution in [0.1, 0.15) is 50.8 Å². The number of amides is 1. The number of likely N-dealkylation sites (tertiary alicyclic amines) is 1. The van der Waals surface area contributed by atoms with Gasteiger partial charge in [0.05, 0.1) is 6.10 Å². The molecular formula is C24H31BrFNO3S. The van der Waals surface area contributed by atoms with Crippen LogP contribution in [0.3, 0.4) is 0 Å². The molecule has 1 N–H and O–H groups in total. The summed E-state index contributed by atoms with van der Waals surface area (Å²) in [6.45, 7) is 8.56. The Balaban J connectivity index is 0.000000357. The summed E-state index contributed by atoms with van der Waals surface area (Å²) in [5.74, 6) is -0.497. The Bertz CT molecular complexity index is 821. The SMILES string of the molecule is CC(C)(C)OC(=O)N1CCC(C(O)c2c(F)cccc2Br)CC1.Cc1ccc(S)cc1. The van der Waals surface area contributed by atoms with Gasteiger partial charge in [-0.05, 0) is 70.7 Å². The smallest absolute Gasteiger partial charge is 0.410 e. The molecule has 170 valence electrons. The fourth-order valence-electron chi connectivity index (χ4n) is 3.30. The molecule has 3 rings (SSSR count). The number of nitrogens with zero attached hydrogens (tertiary/aromatic N) is 1. The zero-order valence-corrected chi connectivity index (χ0v) is 20.9. The van der Waals surface area contributed by atoms with Crippen molar-refractivity contribution in [3.63, 3.8) is 0 Å². The summed E-state index contributed by atoms with van der Waals surface area (Å²) >= 11 is 7.43. The molecule has 4 nitrogen and oxygen atoms in total. The quantitative estimate of drug-likeness (QED) is 0.449. The van der Waals surface area contributed by atoms with Crippen LogP contribution in [-0.2, 0) is 4.74 Å². The maximum absolute atomic E-state index is 14.0. The second-order valence-corrected chi connectivity index (χ2v) is 10.1. The molecule has 2 aromatic rings. The number of hydrogen-bond acceptors (Lipinski definition) is 4. The molecule has 0 spiro atoms. The third-order valence-corrected chi connectivity index (χ3v) is 5.96.